The molecule has 1 fully saturated rings. The number of piperidine rings is 1. The highest BCUT2D eigenvalue weighted by Crippen LogP contribution is 2.31. The van der Waals surface area contributed by atoms with Crippen LogP contribution >= 0.6 is 0 Å². The van der Waals surface area contributed by atoms with Crippen molar-refractivity contribution in [2.75, 3.05) is 6.54 Å². The summed E-state index contributed by atoms with van der Waals surface area (Å²) in [4.78, 5) is 25.0. The van der Waals surface area contributed by atoms with Gasteiger partial charge in [-0.25, -0.2) is 9.59 Å². The largest absolute Gasteiger partial charge is 0.442 e. The van der Waals surface area contributed by atoms with Gasteiger partial charge in [-0.05, 0) is 32.8 Å². The van der Waals surface area contributed by atoms with Gasteiger partial charge in [-0.3, -0.25) is 4.90 Å². The van der Waals surface area contributed by atoms with Gasteiger partial charge in [0.15, 0.2) is 6.10 Å². The third-order valence-electron chi connectivity index (χ3n) is 4.47. The quantitative estimate of drug-likeness (QED) is 0.865. The lowest BCUT2D eigenvalue weighted by Crippen LogP contribution is -2.63. The Morgan fingerprint density at radius 1 is 1.12 bits per heavy atom. The second-order valence-electron chi connectivity index (χ2n) is 7.29. The van der Waals surface area contributed by atoms with Gasteiger partial charge in [0, 0.05) is 18.5 Å². The summed E-state index contributed by atoms with van der Waals surface area (Å²) in [6, 6.07) is 9.71. The molecule has 0 aromatic heterocycles. The molecule has 1 aliphatic heterocycles. The number of hydrogen-bond acceptors (Lipinski definition) is 5. The maximum absolute atomic E-state index is 11.5. The lowest BCUT2D eigenvalue weighted by atomic mass is 9.86. The molecule has 0 aliphatic carbocycles. The molecule has 1 aromatic rings. The maximum Gasteiger partial charge on any atom is 0.404 e. The minimum absolute atomic E-state index is 0.156. The van der Waals surface area contributed by atoms with Gasteiger partial charge >= 0.3 is 12.2 Å². The van der Waals surface area contributed by atoms with Crippen LogP contribution in [0.2, 0.25) is 0 Å². The molecule has 7 nitrogen and oxygen atoms in total. The first kappa shape index (κ1) is 19.1. The van der Waals surface area contributed by atoms with E-state index in [2.05, 4.69) is 25.7 Å². The van der Waals surface area contributed by atoms with Crippen molar-refractivity contribution >= 4 is 12.2 Å². The Labute approximate surface area is 148 Å². The fourth-order valence-corrected chi connectivity index (χ4v) is 3.50. The second-order valence-corrected chi connectivity index (χ2v) is 7.29. The lowest BCUT2D eigenvalue weighted by Gasteiger charge is -2.49. The molecular weight excluding hydrogens is 322 g/mol. The van der Waals surface area contributed by atoms with Crippen LogP contribution in [-0.2, 0) is 15.9 Å². The maximum atomic E-state index is 11.5. The monoisotopic (exact) mass is 349 g/mol. The van der Waals surface area contributed by atoms with Crippen LogP contribution in [0.15, 0.2) is 30.3 Å². The Kier molecular flexibility index (Phi) is 5.89. The summed E-state index contributed by atoms with van der Waals surface area (Å²) in [6.45, 7) is 6.99. The van der Waals surface area contributed by atoms with E-state index in [-0.39, 0.29) is 11.6 Å². The number of ether oxygens (including phenoxy) is 2. The standard InChI is InChI=1S/C18H27N3O4/c1-18(2,3)21-10-9-14(24-16(19)22)15(25-17(20)23)13(21)11-12-7-5-4-6-8-12/h4-8,13-15H,9-11H2,1-3H3,(H2,19,22)(H2,20,23)/t13?,14-,15+/m1/s1. The van der Waals surface area contributed by atoms with E-state index in [1.807, 2.05) is 30.3 Å². The Hall–Kier alpha value is -2.28. The van der Waals surface area contributed by atoms with Crippen molar-refractivity contribution in [2.24, 2.45) is 11.5 Å². The highest BCUT2D eigenvalue weighted by molar-refractivity contribution is 5.66. The zero-order chi connectivity index (χ0) is 18.6. The molecular formula is C18H27N3O4. The van der Waals surface area contributed by atoms with Gasteiger partial charge in [-0.2, -0.15) is 0 Å². The van der Waals surface area contributed by atoms with Gasteiger partial charge in [0.1, 0.15) is 6.10 Å². The minimum Gasteiger partial charge on any atom is -0.442 e. The van der Waals surface area contributed by atoms with Gasteiger partial charge in [0.25, 0.3) is 0 Å². The molecule has 0 bridgehead atoms. The average Bonchev–Trinajstić information content (AvgIpc) is 2.49. The average molecular weight is 349 g/mol. The molecule has 3 atom stereocenters. The Bertz CT molecular complexity index is 600. The number of nitrogens with two attached hydrogens (primary N) is 2. The van der Waals surface area contributed by atoms with E-state index in [4.69, 9.17) is 20.9 Å². The van der Waals surface area contributed by atoms with E-state index >= 15 is 0 Å². The number of benzene rings is 1. The third-order valence-corrected chi connectivity index (χ3v) is 4.47. The molecule has 25 heavy (non-hydrogen) atoms. The molecule has 0 spiro atoms. The van der Waals surface area contributed by atoms with Crippen LogP contribution < -0.4 is 11.5 Å². The molecule has 1 saturated heterocycles. The molecule has 1 heterocycles. The first-order valence-electron chi connectivity index (χ1n) is 8.41. The summed E-state index contributed by atoms with van der Waals surface area (Å²) in [7, 11) is 0. The van der Waals surface area contributed by atoms with Crippen molar-refractivity contribution in [3.63, 3.8) is 0 Å². The normalized spacial score (nSPS) is 24.5. The topological polar surface area (TPSA) is 108 Å². The van der Waals surface area contributed by atoms with Crippen LogP contribution in [0.25, 0.3) is 0 Å². The van der Waals surface area contributed by atoms with Crippen LogP contribution in [0.5, 0.6) is 0 Å². The van der Waals surface area contributed by atoms with Crippen molar-refractivity contribution < 1.29 is 19.1 Å². The van der Waals surface area contributed by atoms with E-state index in [9.17, 15) is 9.59 Å². The molecule has 1 aliphatic rings. The predicted molar refractivity (Wildman–Crippen MR) is 93.9 cm³/mol. The fourth-order valence-electron chi connectivity index (χ4n) is 3.50. The van der Waals surface area contributed by atoms with E-state index in [0.717, 1.165) is 5.56 Å². The van der Waals surface area contributed by atoms with Crippen LogP contribution in [0.1, 0.15) is 32.8 Å². The second kappa shape index (κ2) is 7.74. The van der Waals surface area contributed by atoms with Crippen molar-refractivity contribution in [3.05, 3.63) is 35.9 Å². The van der Waals surface area contributed by atoms with Crippen molar-refractivity contribution in [1.29, 1.82) is 0 Å². The van der Waals surface area contributed by atoms with Crippen molar-refractivity contribution in [3.8, 4) is 0 Å². The lowest BCUT2D eigenvalue weighted by molar-refractivity contribution is -0.104. The van der Waals surface area contributed by atoms with Gasteiger partial charge in [0.05, 0.1) is 6.04 Å². The minimum atomic E-state index is -0.892. The molecule has 4 N–H and O–H groups in total. The number of amides is 2. The van der Waals surface area contributed by atoms with E-state index in [1.54, 1.807) is 0 Å². The molecule has 2 rings (SSSR count). The van der Waals surface area contributed by atoms with E-state index < -0.39 is 24.4 Å². The summed E-state index contributed by atoms with van der Waals surface area (Å²) in [5.74, 6) is 0. The Morgan fingerprint density at radius 3 is 2.24 bits per heavy atom. The number of hydrogen-bond donors (Lipinski definition) is 2. The zero-order valence-electron chi connectivity index (χ0n) is 15.0. The van der Waals surface area contributed by atoms with Gasteiger partial charge in [0.2, 0.25) is 0 Å². The number of likely N-dealkylation sites (tertiary alicyclic amines) is 1. The highest BCUT2D eigenvalue weighted by Gasteiger charge is 2.45. The number of nitrogens with zero attached hydrogens (tertiary/aromatic N) is 1. The van der Waals surface area contributed by atoms with Gasteiger partial charge in [-0.15, -0.1) is 0 Å². The third kappa shape index (κ3) is 5.09. The summed E-state index contributed by atoms with van der Waals surface area (Å²) in [6.07, 6.45) is -1.92. The van der Waals surface area contributed by atoms with Crippen LogP contribution in [0.4, 0.5) is 9.59 Å². The number of carbonyl (C=O) groups is 2. The van der Waals surface area contributed by atoms with Crippen LogP contribution in [0.3, 0.4) is 0 Å². The Morgan fingerprint density at radius 2 is 1.72 bits per heavy atom. The molecule has 7 heteroatoms. The van der Waals surface area contributed by atoms with E-state index in [1.165, 1.54) is 0 Å². The summed E-state index contributed by atoms with van der Waals surface area (Å²) in [5, 5.41) is 0. The first-order chi connectivity index (χ1) is 11.7. The Balaban J connectivity index is 2.35. The molecule has 2 amide bonds. The van der Waals surface area contributed by atoms with E-state index in [0.29, 0.717) is 19.4 Å². The summed E-state index contributed by atoms with van der Waals surface area (Å²) in [5.41, 5.74) is 11.4. The van der Waals surface area contributed by atoms with Crippen molar-refractivity contribution in [2.45, 2.75) is 57.4 Å². The predicted octanol–water partition coefficient (Wildman–Crippen LogP) is 2.03. The van der Waals surface area contributed by atoms with Gasteiger partial charge in [-0.1, -0.05) is 30.3 Å². The zero-order valence-corrected chi connectivity index (χ0v) is 15.0. The number of rotatable bonds is 4. The van der Waals surface area contributed by atoms with Crippen LogP contribution in [-0.4, -0.2) is 47.4 Å². The molecule has 0 radical (unpaired) electrons. The summed E-state index contributed by atoms with van der Waals surface area (Å²) < 4.78 is 10.6. The van der Waals surface area contributed by atoms with Crippen molar-refractivity contribution in [1.82, 2.24) is 4.90 Å². The molecule has 138 valence electrons. The molecule has 1 aromatic carbocycles. The molecule has 1 unspecified atom stereocenters. The highest BCUT2D eigenvalue weighted by atomic mass is 16.6. The first-order valence-corrected chi connectivity index (χ1v) is 8.41. The number of primary amides is 2. The SMILES string of the molecule is CC(C)(C)N1CC[C@@H](OC(N)=O)[C@@H](OC(N)=O)C1Cc1ccccc1. The summed E-state index contributed by atoms with van der Waals surface area (Å²) >= 11 is 0. The van der Waals surface area contributed by atoms with Crippen LogP contribution in [0, 0.1) is 0 Å². The smallest absolute Gasteiger partial charge is 0.404 e. The van der Waals surface area contributed by atoms with Gasteiger partial charge < -0.3 is 20.9 Å². The fraction of sp³-hybridized carbons (Fsp3) is 0.556. The molecule has 0 saturated carbocycles. The number of carbonyl (C=O) groups excluding carboxylic acids is 2.